The van der Waals surface area contributed by atoms with Crippen molar-refractivity contribution in [2.24, 2.45) is 0 Å². The molecule has 1 aliphatic heterocycles. The molecule has 0 bridgehead atoms. The van der Waals surface area contributed by atoms with Crippen LogP contribution in [-0.4, -0.2) is 34.5 Å². The number of nitriles is 1. The van der Waals surface area contributed by atoms with Crippen molar-refractivity contribution in [1.82, 2.24) is 14.7 Å². The molecule has 2 aromatic heterocycles. The van der Waals surface area contributed by atoms with Gasteiger partial charge in [0.25, 0.3) is 11.5 Å². The summed E-state index contributed by atoms with van der Waals surface area (Å²) in [5.41, 5.74) is 0.576. The SMILES string of the molecule is Cc1cccn2c(=O)c(C=C(C#N)C(=O)NCC3CCCO3)c(Oc3ccccc3)nc12. The quantitative estimate of drug-likeness (QED) is 0.476. The Morgan fingerprint density at radius 1 is 1.34 bits per heavy atom. The Morgan fingerprint density at radius 2 is 2.16 bits per heavy atom. The molecule has 1 atom stereocenters. The lowest BCUT2D eigenvalue weighted by molar-refractivity contribution is -0.117. The van der Waals surface area contributed by atoms with Crippen molar-refractivity contribution in [2.75, 3.05) is 13.2 Å². The number of hydrogen-bond donors (Lipinski definition) is 1. The molecule has 1 amide bonds. The second-order valence-corrected chi connectivity index (χ2v) is 7.45. The van der Waals surface area contributed by atoms with E-state index in [1.807, 2.05) is 25.1 Å². The van der Waals surface area contributed by atoms with E-state index in [9.17, 15) is 14.9 Å². The number of fused-ring (bicyclic) bond motifs is 1. The summed E-state index contributed by atoms with van der Waals surface area (Å²) in [6, 6.07) is 14.3. The molecule has 0 spiro atoms. The maximum Gasteiger partial charge on any atom is 0.269 e. The monoisotopic (exact) mass is 430 g/mol. The van der Waals surface area contributed by atoms with Gasteiger partial charge in [-0.2, -0.15) is 10.2 Å². The van der Waals surface area contributed by atoms with Gasteiger partial charge in [-0.15, -0.1) is 0 Å². The van der Waals surface area contributed by atoms with Gasteiger partial charge in [-0.25, -0.2) is 0 Å². The van der Waals surface area contributed by atoms with E-state index in [-0.39, 0.29) is 23.1 Å². The van der Waals surface area contributed by atoms with Crippen LogP contribution in [-0.2, 0) is 9.53 Å². The first-order valence-corrected chi connectivity index (χ1v) is 10.3. The van der Waals surface area contributed by atoms with Crippen molar-refractivity contribution in [3.8, 4) is 17.7 Å². The summed E-state index contributed by atoms with van der Waals surface area (Å²) in [5.74, 6) is -0.0779. The normalized spacial score (nSPS) is 16.0. The number of aryl methyl sites for hydroxylation is 1. The molecule has 1 aliphatic rings. The third kappa shape index (κ3) is 4.53. The molecule has 1 unspecified atom stereocenters. The molecule has 162 valence electrons. The van der Waals surface area contributed by atoms with E-state index in [1.165, 1.54) is 10.5 Å². The number of amides is 1. The zero-order chi connectivity index (χ0) is 22.5. The Morgan fingerprint density at radius 3 is 2.88 bits per heavy atom. The molecule has 0 aliphatic carbocycles. The minimum atomic E-state index is -0.581. The van der Waals surface area contributed by atoms with Gasteiger partial charge in [-0.05, 0) is 49.6 Å². The molecule has 1 fully saturated rings. The van der Waals surface area contributed by atoms with E-state index in [0.717, 1.165) is 18.4 Å². The van der Waals surface area contributed by atoms with Gasteiger partial charge >= 0.3 is 0 Å². The van der Waals surface area contributed by atoms with Gasteiger partial charge in [0, 0.05) is 19.3 Å². The van der Waals surface area contributed by atoms with Crippen LogP contribution in [0.5, 0.6) is 11.6 Å². The summed E-state index contributed by atoms with van der Waals surface area (Å²) < 4.78 is 12.8. The Kier molecular flexibility index (Phi) is 6.29. The number of rotatable bonds is 6. The van der Waals surface area contributed by atoms with Gasteiger partial charge in [0.2, 0.25) is 5.88 Å². The number of nitrogens with one attached hydrogen (secondary N) is 1. The summed E-state index contributed by atoms with van der Waals surface area (Å²) >= 11 is 0. The molecule has 1 N–H and O–H groups in total. The molecule has 8 heteroatoms. The van der Waals surface area contributed by atoms with Gasteiger partial charge in [0.15, 0.2) is 0 Å². The molecule has 1 saturated heterocycles. The second-order valence-electron chi connectivity index (χ2n) is 7.45. The van der Waals surface area contributed by atoms with E-state index in [2.05, 4.69) is 10.3 Å². The lowest BCUT2D eigenvalue weighted by Gasteiger charge is -2.12. The molecule has 0 saturated carbocycles. The molecule has 4 rings (SSSR count). The van der Waals surface area contributed by atoms with Crippen LogP contribution < -0.4 is 15.6 Å². The number of carbonyl (C=O) groups is 1. The van der Waals surface area contributed by atoms with E-state index in [0.29, 0.717) is 24.5 Å². The Hall–Kier alpha value is -3.96. The summed E-state index contributed by atoms with van der Waals surface area (Å²) in [4.78, 5) is 30.4. The van der Waals surface area contributed by atoms with Crippen molar-refractivity contribution in [3.05, 3.63) is 75.7 Å². The minimum Gasteiger partial charge on any atom is -0.438 e. The number of para-hydroxylation sites is 1. The van der Waals surface area contributed by atoms with E-state index in [1.54, 1.807) is 36.5 Å². The molecular formula is C24H22N4O4. The van der Waals surface area contributed by atoms with Crippen molar-refractivity contribution in [3.63, 3.8) is 0 Å². The van der Waals surface area contributed by atoms with Crippen LogP contribution in [0.2, 0.25) is 0 Å². The fourth-order valence-electron chi connectivity index (χ4n) is 3.49. The minimum absolute atomic E-state index is 0.0146. The highest BCUT2D eigenvalue weighted by Crippen LogP contribution is 2.24. The highest BCUT2D eigenvalue weighted by atomic mass is 16.5. The summed E-state index contributed by atoms with van der Waals surface area (Å²) in [7, 11) is 0. The standard InChI is InChI=1S/C24H22N4O4/c1-16-7-5-11-28-21(16)27-23(32-18-8-3-2-4-9-18)20(24(28)30)13-17(14-25)22(29)26-15-19-10-6-12-31-19/h2-5,7-9,11,13,19H,6,10,12,15H2,1H3,(H,26,29). The number of nitrogens with zero attached hydrogens (tertiary/aromatic N) is 3. The van der Waals surface area contributed by atoms with E-state index in [4.69, 9.17) is 9.47 Å². The first-order chi connectivity index (χ1) is 15.6. The van der Waals surface area contributed by atoms with Gasteiger partial charge in [0.05, 0.1) is 6.10 Å². The number of aromatic nitrogens is 2. The molecular weight excluding hydrogens is 408 g/mol. The number of pyridine rings is 1. The fourth-order valence-corrected chi connectivity index (χ4v) is 3.49. The van der Waals surface area contributed by atoms with Crippen molar-refractivity contribution < 1.29 is 14.3 Å². The summed E-state index contributed by atoms with van der Waals surface area (Å²) in [6.45, 7) is 2.81. The second kappa shape index (κ2) is 9.45. The third-order valence-corrected chi connectivity index (χ3v) is 5.18. The zero-order valence-corrected chi connectivity index (χ0v) is 17.6. The van der Waals surface area contributed by atoms with Crippen LogP contribution in [0, 0.1) is 18.3 Å². The predicted molar refractivity (Wildman–Crippen MR) is 118 cm³/mol. The maximum absolute atomic E-state index is 13.3. The van der Waals surface area contributed by atoms with E-state index < -0.39 is 11.5 Å². The third-order valence-electron chi connectivity index (χ3n) is 5.18. The van der Waals surface area contributed by atoms with Crippen LogP contribution >= 0.6 is 0 Å². The van der Waals surface area contributed by atoms with Gasteiger partial charge in [-0.1, -0.05) is 24.3 Å². The zero-order valence-electron chi connectivity index (χ0n) is 17.6. The first-order valence-electron chi connectivity index (χ1n) is 10.3. The van der Waals surface area contributed by atoms with Crippen LogP contribution in [0.15, 0.2) is 59.0 Å². The van der Waals surface area contributed by atoms with Crippen LogP contribution in [0.4, 0.5) is 0 Å². The van der Waals surface area contributed by atoms with Gasteiger partial charge < -0.3 is 14.8 Å². The topological polar surface area (TPSA) is 106 Å². The average molecular weight is 430 g/mol. The highest BCUT2D eigenvalue weighted by Gasteiger charge is 2.20. The molecule has 3 aromatic rings. The number of ether oxygens (including phenoxy) is 2. The maximum atomic E-state index is 13.3. The predicted octanol–water partition coefficient (Wildman–Crippen LogP) is 3.00. The van der Waals surface area contributed by atoms with E-state index >= 15 is 0 Å². The first kappa shape index (κ1) is 21.3. The largest absolute Gasteiger partial charge is 0.438 e. The number of carbonyl (C=O) groups excluding carboxylic acids is 1. The molecule has 1 aromatic carbocycles. The van der Waals surface area contributed by atoms with Crippen LogP contribution in [0.3, 0.4) is 0 Å². The number of benzene rings is 1. The number of hydrogen-bond acceptors (Lipinski definition) is 6. The van der Waals surface area contributed by atoms with Gasteiger partial charge in [-0.3, -0.25) is 14.0 Å². The Bertz CT molecular complexity index is 1270. The Balaban J connectivity index is 1.75. The molecule has 8 nitrogen and oxygen atoms in total. The van der Waals surface area contributed by atoms with Crippen LogP contribution in [0.25, 0.3) is 11.7 Å². The molecule has 32 heavy (non-hydrogen) atoms. The smallest absolute Gasteiger partial charge is 0.269 e. The fraction of sp³-hybridized carbons (Fsp3) is 0.250. The van der Waals surface area contributed by atoms with Crippen LogP contribution in [0.1, 0.15) is 24.0 Å². The summed E-state index contributed by atoms with van der Waals surface area (Å²) in [5, 5.41) is 12.3. The lowest BCUT2D eigenvalue weighted by atomic mass is 10.1. The lowest BCUT2D eigenvalue weighted by Crippen LogP contribution is -2.32. The summed E-state index contributed by atoms with van der Waals surface area (Å²) in [6.07, 6.45) is 4.56. The van der Waals surface area contributed by atoms with Crippen molar-refractivity contribution in [2.45, 2.75) is 25.9 Å². The Labute approximate surface area is 184 Å². The molecule has 3 heterocycles. The average Bonchev–Trinajstić information content (AvgIpc) is 3.33. The highest BCUT2D eigenvalue weighted by molar-refractivity contribution is 6.01. The van der Waals surface area contributed by atoms with Crippen molar-refractivity contribution >= 4 is 17.6 Å². The van der Waals surface area contributed by atoms with Gasteiger partial charge in [0.1, 0.15) is 28.6 Å². The van der Waals surface area contributed by atoms with Crippen molar-refractivity contribution in [1.29, 1.82) is 5.26 Å². The molecule has 0 radical (unpaired) electrons.